The van der Waals surface area contributed by atoms with E-state index in [4.69, 9.17) is 9.47 Å². The van der Waals surface area contributed by atoms with Gasteiger partial charge in [0.05, 0.1) is 6.54 Å². The van der Waals surface area contributed by atoms with Crippen LogP contribution in [0, 0.1) is 3.57 Å². The smallest absolute Gasteiger partial charge is 0.410 e. The Balaban J connectivity index is 2.57. The van der Waals surface area contributed by atoms with Gasteiger partial charge in [-0.3, -0.25) is 4.79 Å². The SMILES string of the molecule is CN(C)C(=O)CCCN(CCOc1ccc(I)cc1)C(=O)OC(C)(C)C. The third-order valence-corrected chi connectivity index (χ3v) is 4.13. The standard InChI is InChI=1S/C19H29IN2O4/c1-19(2,3)26-18(24)22(12-6-7-17(23)21(4)5)13-14-25-16-10-8-15(20)9-11-16/h8-11H,6-7,12-14H2,1-5H3. The van der Waals surface area contributed by atoms with Gasteiger partial charge in [0, 0.05) is 30.6 Å². The van der Waals surface area contributed by atoms with E-state index in [0.29, 0.717) is 32.5 Å². The molecule has 0 aromatic heterocycles. The molecule has 0 saturated heterocycles. The second-order valence-electron chi connectivity index (χ2n) is 7.16. The molecule has 0 heterocycles. The lowest BCUT2D eigenvalue weighted by molar-refractivity contribution is -0.128. The number of rotatable bonds is 8. The van der Waals surface area contributed by atoms with Crippen LogP contribution in [0.3, 0.4) is 0 Å². The van der Waals surface area contributed by atoms with Crippen molar-refractivity contribution in [1.82, 2.24) is 9.80 Å². The molecule has 0 atom stereocenters. The van der Waals surface area contributed by atoms with E-state index in [2.05, 4.69) is 22.6 Å². The van der Waals surface area contributed by atoms with Gasteiger partial charge >= 0.3 is 6.09 Å². The van der Waals surface area contributed by atoms with Crippen LogP contribution in [0.15, 0.2) is 24.3 Å². The van der Waals surface area contributed by atoms with E-state index in [1.54, 1.807) is 23.9 Å². The van der Waals surface area contributed by atoms with Crippen molar-refractivity contribution in [2.24, 2.45) is 0 Å². The summed E-state index contributed by atoms with van der Waals surface area (Å²) in [4.78, 5) is 27.3. The van der Waals surface area contributed by atoms with Crippen LogP contribution in [0.5, 0.6) is 5.75 Å². The van der Waals surface area contributed by atoms with E-state index in [0.717, 1.165) is 9.32 Å². The molecular formula is C19H29IN2O4. The minimum absolute atomic E-state index is 0.0456. The first-order valence-electron chi connectivity index (χ1n) is 8.65. The summed E-state index contributed by atoms with van der Waals surface area (Å²) in [7, 11) is 3.45. The fraction of sp³-hybridized carbons (Fsp3) is 0.579. The zero-order valence-electron chi connectivity index (χ0n) is 16.3. The van der Waals surface area contributed by atoms with Crippen LogP contribution < -0.4 is 4.74 Å². The van der Waals surface area contributed by atoms with E-state index in [1.807, 2.05) is 45.0 Å². The maximum absolute atomic E-state index is 12.4. The number of hydrogen-bond acceptors (Lipinski definition) is 4. The normalized spacial score (nSPS) is 11.0. The Morgan fingerprint density at radius 2 is 1.69 bits per heavy atom. The average molecular weight is 476 g/mol. The fourth-order valence-corrected chi connectivity index (χ4v) is 2.43. The van der Waals surface area contributed by atoms with E-state index >= 15 is 0 Å². The predicted octanol–water partition coefficient (Wildman–Crippen LogP) is 3.78. The molecule has 0 aliphatic rings. The Morgan fingerprint density at radius 3 is 2.23 bits per heavy atom. The van der Waals surface area contributed by atoms with Crippen molar-refractivity contribution < 1.29 is 19.1 Å². The zero-order chi connectivity index (χ0) is 19.7. The third kappa shape index (κ3) is 9.26. The molecular weight excluding hydrogens is 447 g/mol. The molecule has 1 aromatic rings. The minimum Gasteiger partial charge on any atom is -0.492 e. The maximum atomic E-state index is 12.4. The molecule has 2 amide bonds. The van der Waals surface area contributed by atoms with Gasteiger partial charge in [0.25, 0.3) is 0 Å². The van der Waals surface area contributed by atoms with Gasteiger partial charge in [0.2, 0.25) is 5.91 Å². The lowest BCUT2D eigenvalue weighted by atomic mass is 10.2. The van der Waals surface area contributed by atoms with E-state index in [9.17, 15) is 9.59 Å². The molecule has 146 valence electrons. The summed E-state index contributed by atoms with van der Waals surface area (Å²) in [6, 6.07) is 7.73. The molecule has 1 aromatic carbocycles. The second-order valence-corrected chi connectivity index (χ2v) is 8.41. The van der Waals surface area contributed by atoms with Crippen LogP contribution in [0.4, 0.5) is 4.79 Å². The first-order chi connectivity index (χ1) is 12.1. The highest BCUT2D eigenvalue weighted by Gasteiger charge is 2.22. The molecule has 0 radical (unpaired) electrons. The van der Waals surface area contributed by atoms with Crippen LogP contribution in [0.2, 0.25) is 0 Å². The fourth-order valence-electron chi connectivity index (χ4n) is 2.07. The van der Waals surface area contributed by atoms with Gasteiger partial charge in [-0.25, -0.2) is 4.79 Å². The molecule has 7 heteroatoms. The highest BCUT2D eigenvalue weighted by Crippen LogP contribution is 2.14. The molecule has 0 aliphatic heterocycles. The Hall–Kier alpha value is -1.51. The Labute approximate surface area is 170 Å². The van der Waals surface area contributed by atoms with Crippen molar-refractivity contribution in [3.63, 3.8) is 0 Å². The molecule has 0 spiro atoms. The molecule has 0 unspecified atom stereocenters. The Morgan fingerprint density at radius 1 is 1.08 bits per heavy atom. The molecule has 6 nitrogen and oxygen atoms in total. The quantitative estimate of drug-likeness (QED) is 0.536. The summed E-state index contributed by atoms with van der Waals surface area (Å²) in [6.07, 6.45) is 0.588. The summed E-state index contributed by atoms with van der Waals surface area (Å²) in [6.45, 7) is 6.71. The Kier molecular flexibility index (Phi) is 9.18. The van der Waals surface area contributed by atoms with Gasteiger partial charge < -0.3 is 19.3 Å². The summed E-state index contributed by atoms with van der Waals surface area (Å²) in [5, 5.41) is 0. The molecule has 26 heavy (non-hydrogen) atoms. The molecule has 0 N–H and O–H groups in total. The minimum atomic E-state index is -0.564. The van der Waals surface area contributed by atoms with E-state index < -0.39 is 5.60 Å². The lowest BCUT2D eigenvalue weighted by Gasteiger charge is -2.27. The first kappa shape index (κ1) is 22.5. The van der Waals surface area contributed by atoms with Crippen LogP contribution >= 0.6 is 22.6 Å². The summed E-state index contributed by atoms with van der Waals surface area (Å²) in [5.41, 5.74) is -0.564. The maximum Gasteiger partial charge on any atom is 0.410 e. The first-order valence-corrected chi connectivity index (χ1v) is 9.73. The number of carbonyl (C=O) groups is 2. The van der Waals surface area contributed by atoms with Gasteiger partial charge in [-0.2, -0.15) is 0 Å². The summed E-state index contributed by atoms with van der Waals surface area (Å²) in [5.74, 6) is 0.807. The number of halogens is 1. The van der Waals surface area contributed by atoms with Gasteiger partial charge in [0.1, 0.15) is 18.0 Å². The van der Waals surface area contributed by atoms with Gasteiger partial charge in [0.15, 0.2) is 0 Å². The monoisotopic (exact) mass is 476 g/mol. The number of amides is 2. The Bertz CT molecular complexity index is 582. The molecule has 0 saturated carbocycles. The van der Waals surface area contributed by atoms with Crippen LogP contribution in [0.25, 0.3) is 0 Å². The highest BCUT2D eigenvalue weighted by atomic mass is 127. The number of benzene rings is 1. The molecule has 1 rings (SSSR count). The van der Waals surface area contributed by atoms with Crippen LogP contribution in [-0.2, 0) is 9.53 Å². The molecule has 0 bridgehead atoms. The van der Waals surface area contributed by atoms with Crippen molar-refractivity contribution in [1.29, 1.82) is 0 Å². The van der Waals surface area contributed by atoms with Crippen molar-refractivity contribution in [2.45, 2.75) is 39.2 Å². The van der Waals surface area contributed by atoms with Crippen LogP contribution in [-0.4, -0.2) is 61.2 Å². The van der Waals surface area contributed by atoms with Crippen molar-refractivity contribution in [3.8, 4) is 5.75 Å². The topological polar surface area (TPSA) is 59.1 Å². The van der Waals surface area contributed by atoms with Gasteiger partial charge in [-0.15, -0.1) is 0 Å². The van der Waals surface area contributed by atoms with E-state index in [1.165, 1.54) is 0 Å². The van der Waals surface area contributed by atoms with E-state index in [-0.39, 0.29) is 12.0 Å². The number of hydrogen-bond donors (Lipinski definition) is 0. The summed E-state index contributed by atoms with van der Waals surface area (Å²) < 4.78 is 12.3. The molecule has 0 fully saturated rings. The number of nitrogens with zero attached hydrogens (tertiary/aromatic N) is 2. The summed E-state index contributed by atoms with van der Waals surface area (Å²) >= 11 is 2.23. The van der Waals surface area contributed by atoms with Crippen LogP contribution in [0.1, 0.15) is 33.6 Å². The average Bonchev–Trinajstić information content (AvgIpc) is 2.53. The number of ether oxygens (including phenoxy) is 2. The van der Waals surface area contributed by atoms with Gasteiger partial charge in [-0.05, 0) is 74.0 Å². The third-order valence-electron chi connectivity index (χ3n) is 3.41. The van der Waals surface area contributed by atoms with Crippen molar-refractivity contribution in [2.75, 3.05) is 33.8 Å². The highest BCUT2D eigenvalue weighted by molar-refractivity contribution is 14.1. The zero-order valence-corrected chi connectivity index (χ0v) is 18.4. The second kappa shape index (κ2) is 10.6. The largest absolute Gasteiger partial charge is 0.492 e. The number of carbonyl (C=O) groups excluding carboxylic acids is 2. The van der Waals surface area contributed by atoms with Crippen molar-refractivity contribution >= 4 is 34.6 Å². The van der Waals surface area contributed by atoms with Gasteiger partial charge in [-0.1, -0.05) is 0 Å². The lowest BCUT2D eigenvalue weighted by Crippen LogP contribution is -2.40. The molecule has 0 aliphatic carbocycles. The predicted molar refractivity (Wildman–Crippen MR) is 110 cm³/mol. The van der Waals surface area contributed by atoms with Crippen molar-refractivity contribution in [3.05, 3.63) is 27.8 Å².